The van der Waals surface area contributed by atoms with Gasteiger partial charge in [-0.2, -0.15) is 0 Å². The van der Waals surface area contributed by atoms with Crippen LogP contribution in [0.2, 0.25) is 0 Å². The second-order valence-electron chi connectivity index (χ2n) is 5.80. The zero-order valence-electron chi connectivity index (χ0n) is 11.9. The van der Waals surface area contributed by atoms with Crippen LogP contribution in [0.4, 0.5) is 0 Å². The van der Waals surface area contributed by atoms with Gasteiger partial charge in [-0.3, -0.25) is 9.69 Å². The first-order chi connectivity index (χ1) is 8.63. The van der Waals surface area contributed by atoms with Gasteiger partial charge in [0.05, 0.1) is 7.11 Å². The monoisotopic (exact) mass is 254 g/mol. The van der Waals surface area contributed by atoms with E-state index in [1.165, 1.54) is 32.9 Å². The molecule has 4 heteroatoms. The Morgan fingerprint density at radius 2 is 2.17 bits per heavy atom. The van der Waals surface area contributed by atoms with E-state index in [1.807, 2.05) is 7.05 Å². The van der Waals surface area contributed by atoms with Crippen molar-refractivity contribution in [3.05, 3.63) is 0 Å². The maximum Gasteiger partial charge on any atom is 0.326 e. The van der Waals surface area contributed by atoms with Gasteiger partial charge in [0.1, 0.15) is 5.54 Å². The molecular formula is C14H26N2O2. The lowest BCUT2D eigenvalue weighted by atomic mass is 9.96. The normalized spacial score (nSPS) is 37.7. The number of ether oxygens (including phenoxy) is 1. The van der Waals surface area contributed by atoms with E-state index in [-0.39, 0.29) is 5.97 Å². The first-order valence-electron chi connectivity index (χ1n) is 7.16. The quantitative estimate of drug-likeness (QED) is 0.776. The predicted octanol–water partition coefficient (Wildman–Crippen LogP) is 1.54. The number of hydrogen-bond acceptors (Lipinski definition) is 4. The highest BCUT2D eigenvalue weighted by molar-refractivity contribution is 5.81. The van der Waals surface area contributed by atoms with Crippen molar-refractivity contribution < 1.29 is 9.53 Å². The number of piperidine rings is 1. The van der Waals surface area contributed by atoms with E-state index in [1.54, 1.807) is 0 Å². The number of likely N-dealkylation sites (tertiary alicyclic amines) is 1. The van der Waals surface area contributed by atoms with Gasteiger partial charge in [0.2, 0.25) is 0 Å². The van der Waals surface area contributed by atoms with E-state index in [0.29, 0.717) is 12.1 Å². The topological polar surface area (TPSA) is 41.6 Å². The van der Waals surface area contributed by atoms with Gasteiger partial charge in [0.25, 0.3) is 0 Å². The predicted molar refractivity (Wildman–Crippen MR) is 71.5 cm³/mol. The Labute approximate surface area is 110 Å². The molecule has 0 radical (unpaired) electrons. The van der Waals surface area contributed by atoms with Crippen LogP contribution in [0.5, 0.6) is 0 Å². The molecule has 1 heterocycles. The Morgan fingerprint density at radius 3 is 2.78 bits per heavy atom. The van der Waals surface area contributed by atoms with Crippen molar-refractivity contribution in [1.82, 2.24) is 10.2 Å². The zero-order valence-corrected chi connectivity index (χ0v) is 11.9. The lowest BCUT2D eigenvalue weighted by molar-refractivity contribution is -0.148. The Kier molecular flexibility index (Phi) is 4.28. The third-order valence-corrected chi connectivity index (χ3v) is 4.87. The number of nitrogens with one attached hydrogen (secondary N) is 1. The second kappa shape index (κ2) is 5.57. The van der Waals surface area contributed by atoms with Gasteiger partial charge < -0.3 is 10.1 Å². The summed E-state index contributed by atoms with van der Waals surface area (Å²) in [7, 11) is 3.36. The molecule has 0 aromatic heterocycles. The van der Waals surface area contributed by atoms with Crippen molar-refractivity contribution in [2.75, 3.05) is 20.7 Å². The van der Waals surface area contributed by atoms with Crippen molar-refractivity contribution in [1.29, 1.82) is 0 Å². The van der Waals surface area contributed by atoms with Gasteiger partial charge in [-0.25, -0.2) is 0 Å². The van der Waals surface area contributed by atoms with Crippen LogP contribution in [0.3, 0.4) is 0 Å². The summed E-state index contributed by atoms with van der Waals surface area (Å²) in [6.45, 7) is 3.50. The van der Waals surface area contributed by atoms with E-state index in [9.17, 15) is 4.79 Å². The van der Waals surface area contributed by atoms with Crippen molar-refractivity contribution in [2.24, 2.45) is 0 Å². The molecule has 18 heavy (non-hydrogen) atoms. The van der Waals surface area contributed by atoms with Crippen LogP contribution in [-0.2, 0) is 9.53 Å². The van der Waals surface area contributed by atoms with Crippen LogP contribution < -0.4 is 5.32 Å². The standard InChI is InChI=1S/C14H26N2O2/c1-11-6-4-5-9-16(11)12-7-8-14(10-12,15-2)13(17)18-3/h11-12,15H,4-10H2,1-3H3. The van der Waals surface area contributed by atoms with Gasteiger partial charge in [-0.15, -0.1) is 0 Å². The molecule has 2 fully saturated rings. The minimum absolute atomic E-state index is 0.0998. The number of nitrogens with zero attached hydrogens (tertiary/aromatic N) is 1. The van der Waals surface area contributed by atoms with E-state index in [2.05, 4.69) is 17.1 Å². The second-order valence-corrected chi connectivity index (χ2v) is 5.80. The molecule has 0 aromatic carbocycles. The van der Waals surface area contributed by atoms with Crippen molar-refractivity contribution in [2.45, 2.75) is 63.1 Å². The Balaban J connectivity index is 2.04. The fourth-order valence-corrected chi connectivity index (χ4v) is 3.68. The van der Waals surface area contributed by atoms with Gasteiger partial charge in [-0.1, -0.05) is 6.42 Å². The third kappa shape index (κ3) is 2.41. The molecule has 2 rings (SSSR count). The summed E-state index contributed by atoms with van der Waals surface area (Å²) in [5, 5.41) is 3.21. The van der Waals surface area contributed by atoms with Crippen LogP contribution >= 0.6 is 0 Å². The summed E-state index contributed by atoms with van der Waals surface area (Å²) in [4.78, 5) is 14.6. The lowest BCUT2D eigenvalue weighted by Gasteiger charge is -2.38. The number of carbonyl (C=O) groups excluding carboxylic acids is 1. The third-order valence-electron chi connectivity index (χ3n) is 4.87. The summed E-state index contributed by atoms with van der Waals surface area (Å²) in [5.41, 5.74) is -0.448. The molecule has 2 aliphatic rings. The number of esters is 1. The minimum Gasteiger partial charge on any atom is -0.468 e. The van der Waals surface area contributed by atoms with Crippen LogP contribution in [0, 0.1) is 0 Å². The zero-order chi connectivity index (χ0) is 13.2. The molecular weight excluding hydrogens is 228 g/mol. The first-order valence-corrected chi connectivity index (χ1v) is 7.16. The molecule has 3 unspecified atom stereocenters. The summed E-state index contributed by atoms with van der Waals surface area (Å²) in [6, 6.07) is 1.20. The fourth-order valence-electron chi connectivity index (χ4n) is 3.68. The average Bonchev–Trinajstić information content (AvgIpc) is 2.84. The highest BCUT2D eigenvalue weighted by Gasteiger charge is 2.47. The van der Waals surface area contributed by atoms with Crippen LogP contribution in [0.1, 0.15) is 45.4 Å². The smallest absolute Gasteiger partial charge is 0.326 e. The van der Waals surface area contributed by atoms with Gasteiger partial charge in [-0.05, 0) is 52.6 Å². The molecule has 1 saturated heterocycles. The molecule has 1 aliphatic heterocycles. The van der Waals surface area contributed by atoms with E-state index < -0.39 is 5.54 Å². The Hall–Kier alpha value is -0.610. The number of likely N-dealkylation sites (N-methyl/N-ethyl adjacent to an activating group) is 1. The number of carbonyl (C=O) groups is 1. The van der Waals surface area contributed by atoms with Crippen LogP contribution in [-0.4, -0.2) is 49.2 Å². The van der Waals surface area contributed by atoms with Crippen LogP contribution in [0.15, 0.2) is 0 Å². The molecule has 1 aliphatic carbocycles. The number of hydrogen-bond donors (Lipinski definition) is 1. The summed E-state index contributed by atoms with van der Waals surface area (Å²) in [6.07, 6.45) is 6.82. The molecule has 104 valence electrons. The first kappa shape index (κ1) is 13.8. The molecule has 0 aromatic rings. The average molecular weight is 254 g/mol. The molecule has 1 saturated carbocycles. The summed E-state index contributed by atoms with van der Waals surface area (Å²) < 4.78 is 4.97. The van der Waals surface area contributed by atoms with Gasteiger partial charge in [0.15, 0.2) is 0 Å². The van der Waals surface area contributed by atoms with Crippen molar-refractivity contribution in [3.8, 4) is 0 Å². The van der Waals surface area contributed by atoms with Gasteiger partial charge >= 0.3 is 5.97 Å². The van der Waals surface area contributed by atoms with Crippen LogP contribution in [0.25, 0.3) is 0 Å². The summed E-state index contributed by atoms with van der Waals surface area (Å²) in [5.74, 6) is -0.0998. The number of rotatable bonds is 3. The van der Waals surface area contributed by atoms with Gasteiger partial charge in [0, 0.05) is 12.1 Å². The van der Waals surface area contributed by atoms with E-state index >= 15 is 0 Å². The van der Waals surface area contributed by atoms with E-state index in [4.69, 9.17) is 4.74 Å². The summed E-state index contributed by atoms with van der Waals surface area (Å²) >= 11 is 0. The lowest BCUT2D eigenvalue weighted by Crippen LogP contribution is -2.51. The molecule has 0 amide bonds. The number of methoxy groups -OCH3 is 1. The maximum atomic E-state index is 12.0. The Morgan fingerprint density at radius 1 is 1.39 bits per heavy atom. The molecule has 0 spiro atoms. The largest absolute Gasteiger partial charge is 0.468 e. The SMILES string of the molecule is CNC1(C(=O)OC)CCC(N2CCCCC2C)C1. The Bertz CT molecular complexity index is 308. The minimum atomic E-state index is -0.448. The molecule has 1 N–H and O–H groups in total. The molecule has 3 atom stereocenters. The van der Waals surface area contributed by atoms with E-state index in [0.717, 1.165) is 19.3 Å². The highest BCUT2D eigenvalue weighted by Crippen LogP contribution is 2.36. The molecule has 0 bridgehead atoms. The maximum absolute atomic E-state index is 12.0. The highest BCUT2D eigenvalue weighted by atomic mass is 16.5. The fraction of sp³-hybridized carbons (Fsp3) is 0.929. The van der Waals surface area contributed by atoms with Crippen molar-refractivity contribution in [3.63, 3.8) is 0 Å². The molecule has 4 nitrogen and oxygen atoms in total. The van der Waals surface area contributed by atoms with Crippen molar-refractivity contribution >= 4 is 5.97 Å².